The zero-order chi connectivity index (χ0) is 16.2. The average molecular weight is 318 g/mol. The van der Waals surface area contributed by atoms with Gasteiger partial charge in [0.25, 0.3) is 0 Å². The lowest BCUT2D eigenvalue weighted by Crippen LogP contribution is -2.37. The molecule has 1 saturated heterocycles. The molecule has 6 heteroatoms. The van der Waals surface area contributed by atoms with Crippen molar-refractivity contribution >= 4 is 11.7 Å². The van der Waals surface area contributed by atoms with Gasteiger partial charge in [-0.3, -0.25) is 4.79 Å². The largest absolute Gasteiger partial charge is 0.381 e. The third-order valence-electron chi connectivity index (χ3n) is 4.87. The first-order chi connectivity index (χ1) is 11.1. The number of nitrogens with one attached hydrogen (secondary N) is 1. The molecule has 1 aliphatic carbocycles. The van der Waals surface area contributed by atoms with E-state index in [0.29, 0.717) is 12.3 Å². The number of hydrogen-bond donors (Lipinski definition) is 2. The number of anilines is 1. The molecule has 1 unspecified atom stereocenters. The highest BCUT2D eigenvalue weighted by Crippen LogP contribution is 2.29. The molecule has 126 valence electrons. The van der Waals surface area contributed by atoms with E-state index in [2.05, 4.69) is 15.3 Å². The summed E-state index contributed by atoms with van der Waals surface area (Å²) in [6.45, 7) is 3.43. The summed E-state index contributed by atoms with van der Waals surface area (Å²) in [6, 6.07) is 0.0247. The van der Waals surface area contributed by atoms with Gasteiger partial charge in [0.2, 0.25) is 5.91 Å². The predicted molar refractivity (Wildman–Crippen MR) is 88.2 cm³/mol. The number of aromatic nitrogens is 2. The summed E-state index contributed by atoms with van der Waals surface area (Å²) in [4.78, 5) is 20.7. The standard InChI is InChI=1S/C17H26N4O2/c1-11-19-14-5-3-2-4-13(14)17(20-11)21-15(10-16(18)22)12-6-8-23-9-7-12/h12,15H,2-10H2,1H3,(H2,18,22)(H,19,20,21). The van der Waals surface area contributed by atoms with Crippen LogP contribution in [0.2, 0.25) is 0 Å². The van der Waals surface area contributed by atoms with E-state index < -0.39 is 0 Å². The van der Waals surface area contributed by atoms with E-state index >= 15 is 0 Å². The number of nitrogens with zero attached hydrogens (tertiary/aromatic N) is 2. The highest BCUT2D eigenvalue weighted by Gasteiger charge is 2.27. The Balaban J connectivity index is 1.84. The lowest BCUT2D eigenvalue weighted by molar-refractivity contribution is -0.118. The van der Waals surface area contributed by atoms with Gasteiger partial charge in [0.1, 0.15) is 11.6 Å². The molecule has 0 radical (unpaired) electrons. The lowest BCUT2D eigenvalue weighted by atomic mass is 9.89. The minimum absolute atomic E-state index is 0.0247. The number of nitrogens with two attached hydrogens (primary N) is 1. The van der Waals surface area contributed by atoms with Gasteiger partial charge in [0.15, 0.2) is 0 Å². The number of fused-ring (bicyclic) bond motifs is 1. The third kappa shape index (κ3) is 3.99. The lowest BCUT2D eigenvalue weighted by Gasteiger charge is -2.32. The Morgan fingerprint density at radius 2 is 2.04 bits per heavy atom. The van der Waals surface area contributed by atoms with Crippen LogP contribution in [-0.2, 0) is 22.4 Å². The molecule has 1 fully saturated rings. The Labute approximate surface area is 137 Å². The summed E-state index contributed by atoms with van der Waals surface area (Å²) in [5.41, 5.74) is 7.87. The summed E-state index contributed by atoms with van der Waals surface area (Å²) in [5.74, 6) is 1.82. The molecule has 1 aromatic rings. The topological polar surface area (TPSA) is 90.1 Å². The second-order valence-electron chi connectivity index (χ2n) is 6.62. The Kier molecular flexibility index (Phi) is 5.10. The van der Waals surface area contributed by atoms with Crippen molar-refractivity contribution in [3.63, 3.8) is 0 Å². The van der Waals surface area contributed by atoms with Gasteiger partial charge in [-0.2, -0.15) is 0 Å². The van der Waals surface area contributed by atoms with Gasteiger partial charge in [-0.1, -0.05) is 0 Å². The number of primary amides is 1. The van der Waals surface area contributed by atoms with Crippen molar-refractivity contribution in [3.05, 3.63) is 17.1 Å². The van der Waals surface area contributed by atoms with E-state index in [-0.39, 0.29) is 11.9 Å². The van der Waals surface area contributed by atoms with Gasteiger partial charge < -0.3 is 15.8 Å². The molecular weight excluding hydrogens is 292 g/mol. The fraction of sp³-hybridized carbons (Fsp3) is 0.706. The molecule has 0 aromatic carbocycles. The van der Waals surface area contributed by atoms with Crippen LogP contribution in [0.5, 0.6) is 0 Å². The van der Waals surface area contributed by atoms with Crippen LogP contribution >= 0.6 is 0 Å². The molecule has 6 nitrogen and oxygen atoms in total. The normalized spacial score (nSPS) is 19.9. The van der Waals surface area contributed by atoms with Crippen molar-refractivity contribution in [3.8, 4) is 0 Å². The van der Waals surface area contributed by atoms with Gasteiger partial charge in [0, 0.05) is 36.9 Å². The minimum atomic E-state index is -0.270. The maximum atomic E-state index is 11.5. The van der Waals surface area contributed by atoms with Gasteiger partial charge in [0.05, 0.1) is 0 Å². The summed E-state index contributed by atoms with van der Waals surface area (Å²) >= 11 is 0. The van der Waals surface area contributed by atoms with Crippen molar-refractivity contribution in [1.29, 1.82) is 0 Å². The number of amides is 1. The van der Waals surface area contributed by atoms with Crippen LogP contribution in [0.15, 0.2) is 0 Å². The highest BCUT2D eigenvalue weighted by atomic mass is 16.5. The number of hydrogen-bond acceptors (Lipinski definition) is 5. The SMILES string of the molecule is Cc1nc2c(c(NC(CC(N)=O)C3CCOCC3)n1)CCCC2. The third-order valence-corrected chi connectivity index (χ3v) is 4.87. The maximum absolute atomic E-state index is 11.5. The van der Waals surface area contributed by atoms with Crippen molar-refractivity contribution < 1.29 is 9.53 Å². The average Bonchev–Trinajstić information content (AvgIpc) is 2.54. The summed E-state index contributed by atoms with van der Waals surface area (Å²) in [7, 11) is 0. The number of aryl methyl sites for hydroxylation is 2. The first-order valence-corrected chi connectivity index (χ1v) is 8.62. The van der Waals surface area contributed by atoms with Crippen molar-refractivity contribution in [2.24, 2.45) is 11.7 Å². The first kappa shape index (κ1) is 16.2. The number of ether oxygens (including phenoxy) is 1. The Hall–Kier alpha value is -1.69. The molecule has 3 rings (SSSR count). The van der Waals surface area contributed by atoms with Gasteiger partial charge in [-0.25, -0.2) is 9.97 Å². The minimum Gasteiger partial charge on any atom is -0.381 e. The van der Waals surface area contributed by atoms with E-state index in [4.69, 9.17) is 10.5 Å². The number of carbonyl (C=O) groups is 1. The van der Waals surface area contributed by atoms with Crippen molar-refractivity contribution in [2.45, 2.75) is 57.9 Å². The van der Waals surface area contributed by atoms with Crippen LogP contribution in [-0.4, -0.2) is 35.1 Å². The van der Waals surface area contributed by atoms with E-state index in [1.807, 2.05) is 6.92 Å². The monoisotopic (exact) mass is 318 g/mol. The highest BCUT2D eigenvalue weighted by molar-refractivity contribution is 5.75. The van der Waals surface area contributed by atoms with E-state index in [1.165, 1.54) is 18.4 Å². The van der Waals surface area contributed by atoms with Gasteiger partial charge in [-0.15, -0.1) is 0 Å². The van der Waals surface area contributed by atoms with Crippen LogP contribution in [0.25, 0.3) is 0 Å². The predicted octanol–water partition coefficient (Wildman–Crippen LogP) is 1.75. The Morgan fingerprint density at radius 1 is 1.30 bits per heavy atom. The molecule has 3 N–H and O–H groups in total. The molecule has 2 aliphatic rings. The second-order valence-corrected chi connectivity index (χ2v) is 6.62. The molecule has 1 amide bonds. The number of carbonyl (C=O) groups excluding carboxylic acids is 1. The fourth-order valence-electron chi connectivity index (χ4n) is 3.68. The van der Waals surface area contributed by atoms with Crippen LogP contribution in [0.4, 0.5) is 5.82 Å². The summed E-state index contributed by atoms with van der Waals surface area (Å²) < 4.78 is 5.45. The fourth-order valence-corrected chi connectivity index (χ4v) is 3.68. The maximum Gasteiger partial charge on any atom is 0.219 e. The van der Waals surface area contributed by atoms with E-state index in [1.54, 1.807) is 0 Å². The quantitative estimate of drug-likeness (QED) is 0.863. The summed E-state index contributed by atoms with van der Waals surface area (Å²) in [6.07, 6.45) is 6.64. The Morgan fingerprint density at radius 3 is 2.78 bits per heavy atom. The molecule has 2 heterocycles. The van der Waals surface area contributed by atoms with Crippen LogP contribution < -0.4 is 11.1 Å². The molecule has 0 bridgehead atoms. The molecular formula is C17H26N4O2. The zero-order valence-electron chi connectivity index (χ0n) is 13.8. The van der Waals surface area contributed by atoms with Crippen molar-refractivity contribution in [2.75, 3.05) is 18.5 Å². The zero-order valence-corrected chi connectivity index (χ0v) is 13.8. The van der Waals surface area contributed by atoms with Crippen LogP contribution in [0, 0.1) is 12.8 Å². The Bertz CT molecular complexity index is 570. The molecule has 1 atom stereocenters. The molecule has 23 heavy (non-hydrogen) atoms. The number of rotatable bonds is 5. The first-order valence-electron chi connectivity index (χ1n) is 8.62. The van der Waals surface area contributed by atoms with E-state index in [0.717, 1.165) is 56.2 Å². The molecule has 1 aromatic heterocycles. The van der Waals surface area contributed by atoms with Crippen molar-refractivity contribution in [1.82, 2.24) is 9.97 Å². The van der Waals surface area contributed by atoms with Gasteiger partial charge in [-0.05, 0) is 51.4 Å². The molecule has 0 saturated carbocycles. The molecule has 0 spiro atoms. The van der Waals surface area contributed by atoms with Crippen LogP contribution in [0.1, 0.15) is 49.2 Å². The van der Waals surface area contributed by atoms with Gasteiger partial charge >= 0.3 is 0 Å². The van der Waals surface area contributed by atoms with Crippen LogP contribution in [0.3, 0.4) is 0 Å². The second kappa shape index (κ2) is 7.25. The molecule has 1 aliphatic heterocycles. The summed E-state index contributed by atoms with van der Waals surface area (Å²) in [5, 5.41) is 3.54. The van der Waals surface area contributed by atoms with E-state index in [9.17, 15) is 4.79 Å². The smallest absolute Gasteiger partial charge is 0.219 e.